The molecule has 4 heteroatoms. The summed E-state index contributed by atoms with van der Waals surface area (Å²) in [4.78, 5) is 0. The predicted molar refractivity (Wildman–Crippen MR) is 71.8 cm³/mol. The first-order chi connectivity index (χ1) is 8.60. The number of methoxy groups -OCH3 is 1. The molecule has 0 aromatic heterocycles. The Hall–Kier alpha value is -2.23. The lowest BCUT2D eigenvalue weighted by atomic mass is 10.2. The van der Waals surface area contributed by atoms with Gasteiger partial charge >= 0.3 is 0 Å². The van der Waals surface area contributed by atoms with Crippen LogP contribution in [0.4, 0.5) is 21.5 Å². The highest BCUT2D eigenvalue weighted by Gasteiger charge is 2.06. The summed E-state index contributed by atoms with van der Waals surface area (Å²) >= 11 is 0. The molecule has 18 heavy (non-hydrogen) atoms. The van der Waals surface area contributed by atoms with Crippen LogP contribution in [0.3, 0.4) is 0 Å². The third-order valence-electron chi connectivity index (χ3n) is 2.65. The topological polar surface area (TPSA) is 47.3 Å². The molecule has 2 rings (SSSR count). The molecule has 0 saturated carbocycles. The zero-order valence-electron chi connectivity index (χ0n) is 10.3. The maximum atomic E-state index is 13.6. The van der Waals surface area contributed by atoms with Crippen molar-refractivity contribution in [3.63, 3.8) is 0 Å². The van der Waals surface area contributed by atoms with Crippen LogP contribution in [0, 0.1) is 12.7 Å². The van der Waals surface area contributed by atoms with E-state index < -0.39 is 0 Å². The van der Waals surface area contributed by atoms with E-state index in [-0.39, 0.29) is 5.82 Å². The number of nitrogens with two attached hydrogens (primary N) is 1. The molecule has 0 aliphatic carbocycles. The van der Waals surface area contributed by atoms with Crippen LogP contribution in [0.15, 0.2) is 36.4 Å². The predicted octanol–water partition coefficient (Wildman–Crippen LogP) is 3.47. The average molecular weight is 246 g/mol. The van der Waals surface area contributed by atoms with E-state index in [0.29, 0.717) is 22.8 Å². The summed E-state index contributed by atoms with van der Waals surface area (Å²) in [7, 11) is 1.57. The number of hydrogen-bond acceptors (Lipinski definition) is 3. The lowest BCUT2D eigenvalue weighted by Gasteiger charge is -2.12. The largest absolute Gasteiger partial charge is 0.497 e. The van der Waals surface area contributed by atoms with Crippen LogP contribution in [-0.2, 0) is 0 Å². The van der Waals surface area contributed by atoms with Crippen LogP contribution >= 0.6 is 0 Å². The number of hydrogen-bond donors (Lipinski definition) is 2. The second-order valence-corrected chi connectivity index (χ2v) is 4.06. The van der Waals surface area contributed by atoms with Crippen LogP contribution in [0.2, 0.25) is 0 Å². The zero-order valence-corrected chi connectivity index (χ0v) is 10.3. The molecule has 0 aliphatic heterocycles. The molecule has 0 heterocycles. The van der Waals surface area contributed by atoms with Crippen molar-refractivity contribution in [2.75, 3.05) is 18.2 Å². The van der Waals surface area contributed by atoms with Crippen molar-refractivity contribution in [1.29, 1.82) is 0 Å². The van der Waals surface area contributed by atoms with E-state index in [1.807, 2.05) is 6.92 Å². The third kappa shape index (κ3) is 2.53. The van der Waals surface area contributed by atoms with E-state index in [4.69, 9.17) is 10.5 Å². The van der Waals surface area contributed by atoms with Gasteiger partial charge in [-0.25, -0.2) is 4.39 Å². The molecule has 0 atom stereocenters. The Morgan fingerprint density at radius 3 is 2.56 bits per heavy atom. The molecule has 0 amide bonds. The fourth-order valence-electron chi connectivity index (χ4n) is 1.66. The van der Waals surface area contributed by atoms with Gasteiger partial charge in [0.25, 0.3) is 0 Å². The molecular weight excluding hydrogens is 231 g/mol. The van der Waals surface area contributed by atoms with Gasteiger partial charge in [-0.1, -0.05) is 6.07 Å². The summed E-state index contributed by atoms with van der Waals surface area (Å²) in [5.41, 5.74) is 8.42. The Morgan fingerprint density at radius 1 is 1.11 bits per heavy atom. The SMILES string of the molecule is COc1ccc(Nc2cc(C)ccc2F)c(N)c1. The smallest absolute Gasteiger partial charge is 0.146 e. The summed E-state index contributed by atoms with van der Waals surface area (Å²) in [6.07, 6.45) is 0. The van der Waals surface area contributed by atoms with Gasteiger partial charge < -0.3 is 15.8 Å². The maximum Gasteiger partial charge on any atom is 0.146 e. The molecule has 3 nitrogen and oxygen atoms in total. The standard InChI is InChI=1S/C14H15FN2O/c1-9-3-5-11(15)14(7-9)17-13-6-4-10(18-2)8-12(13)16/h3-8,17H,16H2,1-2H3. The highest BCUT2D eigenvalue weighted by molar-refractivity contribution is 5.74. The van der Waals surface area contributed by atoms with Crippen molar-refractivity contribution in [2.45, 2.75) is 6.92 Å². The normalized spacial score (nSPS) is 10.2. The molecular formula is C14H15FN2O. The minimum Gasteiger partial charge on any atom is -0.497 e. The molecule has 0 unspecified atom stereocenters. The van der Waals surface area contributed by atoms with Gasteiger partial charge in [-0.3, -0.25) is 0 Å². The molecule has 0 saturated heterocycles. The van der Waals surface area contributed by atoms with Gasteiger partial charge in [0.2, 0.25) is 0 Å². The Kier molecular flexibility index (Phi) is 3.37. The number of anilines is 3. The summed E-state index contributed by atoms with van der Waals surface area (Å²) in [5.74, 6) is 0.360. The molecule has 2 aromatic rings. The lowest BCUT2D eigenvalue weighted by molar-refractivity contribution is 0.415. The van der Waals surface area contributed by atoms with E-state index in [9.17, 15) is 4.39 Å². The zero-order chi connectivity index (χ0) is 13.1. The Bertz CT molecular complexity index is 570. The number of aryl methyl sites for hydroxylation is 1. The van der Waals surface area contributed by atoms with Crippen molar-refractivity contribution in [1.82, 2.24) is 0 Å². The number of nitrogens with one attached hydrogen (secondary N) is 1. The second kappa shape index (κ2) is 4.96. The number of benzene rings is 2. The molecule has 0 bridgehead atoms. The highest BCUT2D eigenvalue weighted by atomic mass is 19.1. The fraction of sp³-hybridized carbons (Fsp3) is 0.143. The molecule has 0 radical (unpaired) electrons. The molecule has 0 aliphatic rings. The maximum absolute atomic E-state index is 13.6. The quantitative estimate of drug-likeness (QED) is 0.815. The van der Waals surface area contributed by atoms with Gasteiger partial charge in [0.15, 0.2) is 0 Å². The third-order valence-corrected chi connectivity index (χ3v) is 2.65. The second-order valence-electron chi connectivity index (χ2n) is 4.06. The minimum absolute atomic E-state index is 0.309. The lowest BCUT2D eigenvalue weighted by Crippen LogP contribution is -1.99. The Balaban J connectivity index is 2.31. The molecule has 0 fully saturated rings. The van der Waals surface area contributed by atoms with E-state index in [0.717, 1.165) is 5.56 Å². The highest BCUT2D eigenvalue weighted by Crippen LogP contribution is 2.28. The van der Waals surface area contributed by atoms with Crippen LogP contribution < -0.4 is 15.8 Å². The first-order valence-corrected chi connectivity index (χ1v) is 5.57. The van der Waals surface area contributed by atoms with E-state index >= 15 is 0 Å². The number of nitrogen functional groups attached to an aromatic ring is 1. The summed E-state index contributed by atoms with van der Waals surface area (Å²) < 4.78 is 18.7. The first kappa shape index (κ1) is 12.2. The summed E-state index contributed by atoms with van der Waals surface area (Å²) in [6, 6.07) is 10.1. The van der Waals surface area contributed by atoms with E-state index in [2.05, 4.69) is 5.32 Å². The van der Waals surface area contributed by atoms with Crippen LogP contribution in [0.1, 0.15) is 5.56 Å². The molecule has 3 N–H and O–H groups in total. The Labute approximate surface area is 105 Å². The van der Waals surface area contributed by atoms with Gasteiger partial charge in [0, 0.05) is 6.07 Å². The van der Waals surface area contributed by atoms with Gasteiger partial charge in [0.1, 0.15) is 11.6 Å². The monoisotopic (exact) mass is 246 g/mol. The van der Waals surface area contributed by atoms with Crippen molar-refractivity contribution in [3.05, 3.63) is 47.8 Å². The Morgan fingerprint density at radius 2 is 1.89 bits per heavy atom. The molecule has 94 valence electrons. The minimum atomic E-state index is -0.309. The summed E-state index contributed by atoms with van der Waals surface area (Å²) in [5, 5.41) is 2.98. The molecule has 0 spiro atoms. The van der Waals surface area contributed by atoms with Crippen LogP contribution in [0.5, 0.6) is 5.75 Å². The van der Waals surface area contributed by atoms with Crippen LogP contribution in [0.25, 0.3) is 0 Å². The van der Waals surface area contributed by atoms with Gasteiger partial charge in [-0.05, 0) is 36.8 Å². The summed E-state index contributed by atoms with van der Waals surface area (Å²) in [6.45, 7) is 1.90. The van der Waals surface area contributed by atoms with Crippen molar-refractivity contribution in [2.24, 2.45) is 0 Å². The van der Waals surface area contributed by atoms with Crippen molar-refractivity contribution >= 4 is 17.1 Å². The van der Waals surface area contributed by atoms with E-state index in [1.165, 1.54) is 6.07 Å². The first-order valence-electron chi connectivity index (χ1n) is 5.57. The number of ether oxygens (including phenoxy) is 1. The fourth-order valence-corrected chi connectivity index (χ4v) is 1.66. The van der Waals surface area contributed by atoms with E-state index in [1.54, 1.807) is 37.4 Å². The van der Waals surface area contributed by atoms with Crippen molar-refractivity contribution in [3.8, 4) is 5.75 Å². The van der Waals surface area contributed by atoms with Crippen molar-refractivity contribution < 1.29 is 9.13 Å². The average Bonchev–Trinajstić information content (AvgIpc) is 2.36. The van der Waals surface area contributed by atoms with Gasteiger partial charge in [-0.15, -0.1) is 0 Å². The number of halogens is 1. The molecule has 2 aromatic carbocycles. The number of rotatable bonds is 3. The van der Waals surface area contributed by atoms with Gasteiger partial charge in [0.05, 0.1) is 24.2 Å². The van der Waals surface area contributed by atoms with Crippen LogP contribution in [-0.4, -0.2) is 7.11 Å². The van der Waals surface area contributed by atoms with Gasteiger partial charge in [-0.2, -0.15) is 0 Å².